The summed E-state index contributed by atoms with van der Waals surface area (Å²) in [4.78, 5) is 1.18. The van der Waals surface area contributed by atoms with Gasteiger partial charge in [0, 0.05) is 4.88 Å². The lowest BCUT2D eigenvalue weighted by atomic mass is 10.3. The first-order valence-corrected chi connectivity index (χ1v) is 6.99. The van der Waals surface area contributed by atoms with Crippen LogP contribution in [0.1, 0.15) is 11.8 Å². The molecule has 17 heavy (non-hydrogen) atoms. The highest BCUT2D eigenvalue weighted by molar-refractivity contribution is 9.11. The molecule has 0 atom stereocenters. The van der Waals surface area contributed by atoms with Gasteiger partial charge in [0.05, 0.1) is 10.4 Å². The quantitative estimate of drug-likeness (QED) is 0.810. The third-order valence-electron chi connectivity index (χ3n) is 2.15. The molecule has 90 valence electrons. The van der Waals surface area contributed by atoms with Gasteiger partial charge in [-0.2, -0.15) is 0 Å². The van der Waals surface area contributed by atoms with E-state index in [1.165, 1.54) is 4.88 Å². The average molecular weight is 313 g/mol. The second-order valence-electron chi connectivity index (χ2n) is 3.37. The first-order valence-electron chi connectivity index (χ1n) is 5.38. The molecule has 0 N–H and O–H groups in total. The fourth-order valence-corrected chi connectivity index (χ4v) is 2.82. The summed E-state index contributed by atoms with van der Waals surface area (Å²) in [5.41, 5.74) is 0. The lowest BCUT2D eigenvalue weighted by molar-refractivity contribution is 0.271. The topological polar surface area (TPSA) is 18.5 Å². The van der Waals surface area contributed by atoms with Gasteiger partial charge in [-0.15, -0.1) is 11.3 Å². The summed E-state index contributed by atoms with van der Waals surface area (Å²) in [6, 6.07) is 11.8. The fraction of sp³-hybridized carbons (Fsp3) is 0.231. The molecule has 1 aromatic heterocycles. The third-order valence-corrected chi connectivity index (χ3v) is 3.74. The summed E-state index contributed by atoms with van der Waals surface area (Å²) < 4.78 is 12.4. The number of halogens is 1. The van der Waals surface area contributed by atoms with E-state index in [4.69, 9.17) is 9.47 Å². The molecule has 0 aliphatic heterocycles. The summed E-state index contributed by atoms with van der Waals surface area (Å²) in [5, 5.41) is 0. The van der Waals surface area contributed by atoms with Gasteiger partial charge in [-0.25, -0.2) is 0 Å². The maximum atomic E-state index is 5.75. The van der Waals surface area contributed by atoms with Crippen molar-refractivity contribution in [2.75, 3.05) is 6.61 Å². The second kappa shape index (κ2) is 6.07. The van der Waals surface area contributed by atoms with Crippen molar-refractivity contribution in [1.29, 1.82) is 0 Å². The van der Waals surface area contributed by atoms with Gasteiger partial charge in [0.2, 0.25) is 0 Å². The molecule has 0 amide bonds. The summed E-state index contributed by atoms with van der Waals surface area (Å²) >= 11 is 5.11. The highest BCUT2D eigenvalue weighted by Crippen LogP contribution is 2.29. The van der Waals surface area contributed by atoms with Gasteiger partial charge in [-0.1, -0.05) is 12.1 Å². The Hall–Kier alpha value is -1.000. The Kier molecular flexibility index (Phi) is 4.45. The van der Waals surface area contributed by atoms with Crippen LogP contribution in [0.3, 0.4) is 0 Å². The molecule has 0 saturated heterocycles. The molecule has 2 nitrogen and oxygen atoms in total. The smallest absolute Gasteiger partial charge is 0.161 e. The molecule has 0 bridgehead atoms. The van der Waals surface area contributed by atoms with Gasteiger partial charge < -0.3 is 9.47 Å². The number of hydrogen-bond acceptors (Lipinski definition) is 3. The minimum Gasteiger partial charge on any atom is -0.490 e. The lowest BCUT2D eigenvalue weighted by Gasteiger charge is -2.10. The van der Waals surface area contributed by atoms with Gasteiger partial charge in [0.25, 0.3) is 0 Å². The number of ether oxygens (including phenoxy) is 2. The molecule has 0 fully saturated rings. The Labute approximate surface area is 113 Å². The maximum Gasteiger partial charge on any atom is 0.161 e. The molecule has 0 aliphatic rings. The molecular weight excluding hydrogens is 300 g/mol. The van der Waals surface area contributed by atoms with Crippen molar-refractivity contribution in [3.05, 3.63) is 45.1 Å². The largest absolute Gasteiger partial charge is 0.490 e. The van der Waals surface area contributed by atoms with Gasteiger partial charge >= 0.3 is 0 Å². The Morgan fingerprint density at radius 2 is 1.76 bits per heavy atom. The Balaban J connectivity index is 2.03. The zero-order valence-electron chi connectivity index (χ0n) is 9.48. The first-order chi connectivity index (χ1) is 8.29. The first kappa shape index (κ1) is 12.5. The van der Waals surface area contributed by atoms with E-state index in [9.17, 15) is 0 Å². The highest BCUT2D eigenvalue weighted by atomic mass is 79.9. The normalized spacial score (nSPS) is 10.2. The monoisotopic (exact) mass is 312 g/mol. The zero-order chi connectivity index (χ0) is 12.1. The van der Waals surface area contributed by atoms with Crippen molar-refractivity contribution in [2.45, 2.75) is 13.5 Å². The maximum absolute atomic E-state index is 5.75. The number of rotatable bonds is 5. The summed E-state index contributed by atoms with van der Waals surface area (Å²) in [6.45, 7) is 3.18. The van der Waals surface area contributed by atoms with E-state index in [1.54, 1.807) is 11.3 Å². The van der Waals surface area contributed by atoms with Gasteiger partial charge in [-0.3, -0.25) is 0 Å². The van der Waals surface area contributed by atoms with Crippen LogP contribution in [-0.4, -0.2) is 6.61 Å². The van der Waals surface area contributed by atoms with Gasteiger partial charge in [-0.05, 0) is 47.1 Å². The van der Waals surface area contributed by atoms with Crippen LogP contribution in [0.4, 0.5) is 0 Å². The van der Waals surface area contributed by atoms with Crippen LogP contribution < -0.4 is 9.47 Å². The molecule has 0 radical (unpaired) electrons. The summed E-state index contributed by atoms with van der Waals surface area (Å²) in [6.07, 6.45) is 0. The fourth-order valence-electron chi connectivity index (χ4n) is 1.42. The average Bonchev–Trinajstić information content (AvgIpc) is 2.74. The molecule has 2 aromatic rings. The third kappa shape index (κ3) is 3.48. The molecule has 0 saturated carbocycles. The van der Waals surface area contributed by atoms with E-state index in [-0.39, 0.29) is 0 Å². The minimum atomic E-state index is 0.570. The van der Waals surface area contributed by atoms with Gasteiger partial charge in [0.1, 0.15) is 6.61 Å². The number of para-hydroxylation sites is 2. The van der Waals surface area contributed by atoms with Crippen LogP contribution in [0.2, 0.25) is 0 Å². The van der Waals surface area contributed by atoms with Crippen molar-refractivity contribution >= 4 is 27.3 Å². The minimum absolute atomic E-state index is 0.570. The Bertz CT molecular complexity index is 482. The summed E-state index contributed by atoms with van der Waals surface area (Å²) in [5.74, 6) is 1.59. The lowest BCUT2D eigenvalue weighted by Crippen LogP contribution is -1.98. The second-order valence-corrected chi connectivity index (χ2v) is 5.92. The summed E-state index contributed by atoms with van der Waals surface area (Å²) in [7, 11) is 0. The van der Waals surface area contributed by atoms with Crippen LogP contribution in [-0.2, 0) is 6.61 Å². The SMILES string of the molecule is CCOc1ccccc1OCc1ccc(Br)s1. The van der Waals surface area contributed by atoms with Crippen molar-refractivity contribution in [3.63, 3.8) is 0 Å². The van der Waals surface area contributed by atoms with E-state index in [2.05, 4.69) is 22.0 Å². The van der Waals surface area contributed by atoms with E-state index in [0.29, 0.717) is 13.2 Å². The van der Waals surface area contributed by atoms with Crippen molar-refractivity contribution in [3.8, 4) is 11.5 Å². The Morgan fingerprint density at radius 1 is 1.06 bits per heavy atom. The number of benzene rings is 1. The zero-order valence-corrected chi connectivity index (χ0v) is 11.9. The van der Waals surface area contributed by atoms with E-state index in [1.807, 2.05) is 37.3 Å². The standard InChI is InChI=1S/C13H13BrO2S/c1-2-15-11-5-3-4-6-12(11)16-9-10-7-8-13(14)17-10/h3-8H,2,9H2,1H3. The molecule has 2 rings (SSSR count). The highest BCUT2D eigenvalue weighted by Gasteiger charge is 2.04. The molecule has 0 spiro atoms. The number of hydrogen-bond donors (Lipinski definition) is 0. The van der Waals surface area contributed by atoms with Crippen LogP contribution in [0, 0.1) is 0 Å². The molecule has 0 aliphatic carbocycles. The van der Waals surface area contributed by atoms with Crippen LogP contribution in [0.25, 0.3) is 0 Å². The molecule has 0 unspecified atom stereocenters. The molecular formula is C13H13BrO2S. The van der Waals surface area contributed by atoms with Crippen LogP contribution in [0.5, 0.6) is 11.5 Å². The van der Waals surface area contributed by atoms with Gasteiger partial charge in [0.15, 0.2) is 11.5 Å². The van der Waals surface area contributed by atoms with Crippen molar-refractivity contribution in [2.24, 2.45) is 0 Å². The van der Waals surface area contributed by atoms with E-state index in [0.717, 1.165) is 15.3 Å². The van der Waals surface area contributed by atoms with E-state index >= 15 is 0 Å². The Morgan fingerprint density at radius 3 is 2.35 bits per heavy atom. The van der Waals surface area contributed by atoms with Crippen molar-refractivity contribution in [1.82, 2.24) is 0 Å². The van der Waals surface area contributed by atoms with E-state index < -0.39 is 0 Å². The molecule has 1 heterocycles. The van der Waals surface area contributed by atoms with Crippen molar-refractivity contribution < 1.29 is 9.47 Å². The molecule has 1 aromatic carbocycles. The predicted molar refractivity (Wildman–Crippen MR) is 74.0 cm³/mol. The molecule has 4 heteroatoms. The van der Waals surface area contributed by atoms with Crippen LogP contribution in [0.15, 0.2) is 40.2 Å². The predicted octanol–water partition coefficient (Wildman–Crippen LogP) is 4.49. The van der Waals surface area contributed by atoms with Crippen LogP contribution >= 0.6 is 27.3 Å². The number of thiophene rings is 1.